The second-order valence-electron chi connectivity index (χ2n) is 10.1. The average Bonchev–Trinajstić information content (AvgIpc) is 2.98. The molecular formula is C30H42FN3O6S. The Bertz CT molecular complexity index is 1230. The molecule has 0 atom stereocenters. The maximum absolute atomic E-state index is 14.0. The van der Waals surface area contributed by atoms with Crippen LogP contribution in [-0.2, 0) is 26.1 Å². The summed E-state index contributed by atoms with van der Waals surface area (Å²) in [6.07, 6.45) is 3.04. The Morgan fingerprint density at radius 2 is 1.76 bits per heavy atom. The van der Waals surface area contributed by atoms with Crippen LogP contribution in [0.25, 0.3) is 0 Å². The number of halogens is 1. The number of amides is 2. The molecule has 2 aromatic carbocycles. The van der Waals surface area contributed by atoms with Gasteiger partial charge in [-0.2, -0.15) is 4.31 Å². The van der Waals surface area contributed by atoms with E-state index in [1.165, 1.54) is 26.2 Å². The second-order valence-corrected chi connectivity index (χ2v) is 12.4. The number of piperidine rings is 1. The Kier molecular flexibility index (Phi) is 12.6. The molecule has 11 heteroatoms. The van der Waals surface area contributed by atoms with Crippen molar-refractivity contribution in [2.75, 3.05) is 52.3 Å². The minimum atomic E-state index is -3.65. The van der Waals surface area contributed by atoms with Crippen LogP contribution in [0.5, 0.6) is 5.75 Å². The van der Waals surface area contributed by atoms with E-state index in [9.17, 15) is 22.4 Å². The van der Waals surface area contributed by atoms with Gasteiger partial charge in [0.1, 0.15) is 11.6 Å². The molecule has 0 bridgehead atoms. The molecule has 0 radical (unpaired) electrons. The van der Waals surface area contributed by atoms with E-state index >= 15 is 0 Å². The summed E-state index contributed by atoms with van der Waals surface area (Å²) in [5.41, 5.74) is 1.18. The highest BCUT2D eigenvalue weighted by atomic mass is 32.2. The van der Waals surface area contributed by atoms with E-state index in [-0.39, 0.29) is 49.9 Å². The zero-order chi connectivity index (χ0) is 29.8. The lowest BCUT2D eigenvalue weighted by molar-refractivity contribution is -0.135. The molecular weight excluding hydrogens is 549 g/mol. The van der Waals surface area contributed by atoms with E-state index in [2.05, 4.69) is 6.92 Å². The highest BCUT2D eigenvalue weighted by molar-refractivity contribution is 7.89. The van der Waals surface area contributed by atoms with E-state index in [1.54, 1.807) is 46.2 Å². The molecule has 1 aliphatic rings. The maximum atomic E-state index is 14.0. The van der Waals surface area contributed by atoms with E-state index in [0.717, 1.165) is 22.9 Å². The lowest BCUT2D eigenvalue weighted by Crippen LogP contribution is -2.51. The maximum Gasteiger partial charge on any atom is 0.253 e. The number of unbranched alkanes of at least 4 members (excludes halogenated alkanes) is 1. The Labute approximate surface area is 243 Å². The monoisotopic (exact) mass is 591 g/mol. The second kappa shape index (κ2) is 15.8. The van der Waals surface area contributed by atoms with E-state index in [4.69, 9.17) is 9.47 Å². The summed E-state index contributed by atoms with van der Waals surface area (Å²) < 4.78 is 51.2. The number of benzene rings is 2. The Balaban J connectivity index is 1.71. The van der Waals surface area contributed by atoms with Crippen LogP contribution in [0.1, 0.15) is 55.5 Å². The fourth-order valence-electron chi connectivity index (χ4n) is 4.78. The number of ether oxygens (including phenoxy) is 2. The van der Waals surface area contributed by atoms with Crippen molar-refractivity contribution in [1.82, 2.24) is 14.1 Å². The topological polar surface area (TPSA) is 96.5 Å². The predicted molar refractivity (Wildman–Crippen MR) is 156 cm³/mol. The van der Waals surface area contributed by atoms with Crippen LogP contribution in [0.2, 0.25) is 0 Å². The summed E-state index contributed by atoms with van der Waals surface area (Å²) in [5, 5.41) is 0. The molecule has 1 saturated heterocycles. The molecule has 2 amide bonds. The molecule has 0 N–H and O–H groups in total. The number of hydrogen-bond donors (Lipinski definition) is 0. The van der Waals surface area contributed by atoms with Crippen LogP contribution in [0.3, 0.4) is 0 Å². The fourth-order valence-corrected chi connectivity index (χ4v) is 5.80. The van der Waals surface area contributed by atoms with Crippen LogP contribution >= 0.6 is 0 Å². The number of rotatable bonds is 15. The molecule has 3 rings (SSSR count). The van der Waals surface area contributed by atoms with Gasteiger partial charge in [-0.05, 0) is 68.1 Å². The minimum Gasteiger partial charge on any atom is -0.494 e. The van der Waals surface area contributed by atoms with Crippen molar-refractivity contribution in [2.24, 2.45) is 0 Å². The van der Waals surface area contributed by atoms with E-state index in [0.29, 0.717) is 43.7 Å². The van der Waals surface area contributed by atoms with Crippen molar-refractivity contribution in [1.29, 1.82) is 0 Å². The average molecular weight is 592 g/mol. The molecule has 0 saturated carbocycles. The van der Waals surface area contributed by atoms with Crippen LogP contribution in [0.15, 0.2) is 48.5 Å². The third-order valence-electron chi connectivity index (χ3n) is 7.24. The number of carbonyl (C=O) groups excluding carboxylic acids is 2. The van der Waals surface area contributed by atoms with Crippen molar-refractivity contribution in [3.05, 3.63) is 65.5 Å². The highest BCUT2D eigenvalue weighted by Gasteiger charge is 2.32. The predicted octanol–water partition coefficient (Wildman–Crippen LogP) is 3.94. The smallest absolute Gasteiger partial charge is 0.253 e. The number of sulfonamides is 1. The Morgan fingerprint density at radius 1 is 1.05 bits per heavy atom. The summed E-state index contributed by atoms with van der Waals surface area (Å²) in [6, 6.07) is 12.9. The normalized spacial score (nSPS) is 14.3. The van der Waals surface area contributed by atoms with Crippen molar-refractivity contribution in [2.45, 2.75) is 52.1 Å². The van der Waals surface area contributed by atoms with Crippen LogP contribution in [-0.4, -0.2) is 92.6 Å². The van der Waals surface area contributed by atoms with Gasteiger partial charge in [0.15, 0.2) is 0 Å². The van der Waals surface area contributed by atoms with E-state index in [1.807, 2.05) is 0 Å². The third kappa shape index (κ3) is 9.51. The zero-order valence-electron chi connectivity index (χ0n) is 24.3. The third-order valence-corrected chi connectivity index (χ3v) is 9.07. The standard InChI is InChI=1S/C30H42FN3O6S/c1-4-6-19-40-28-12-10-25(11-13-28)30(36)32-16-14-27(15-17-32)34(22-24-8-7-9-26(31)21-24)29(35)23-33(18-20-39-3)41(37,38)5-2/h7-13,21,27H,4-6,14-20,22-23H2,1-3H3. The summed E-state index contributed by atoms with van der Waals surface area (Å²) >= 11 is 0. The largest absolute Gasteiger partial charge is 0.494 e. The number of nitrogens with zero attached hydrogens (tertiary/aromatic N) is 3. The Morgan fingerprint density at radius 3 is 2.37 bits per heavy atom. The van der Waals surface area contributed by atoms with Crippen LogP contribution in [0, 0.1) is 5.82 Å². The molecule has 2 aromatic rings. The fraction of sp³-hybridized carbons (Fsp3) is 0.533. The summed E-state index contributed by atoms with van der Waals surface area (Å²) in [7, 11) is -2.18. The molecule has 9 nitrogen and oxygen atoms in total. The first kappa shape index (κ1) is 32.5. The van der Waals surface area contributed by atoms with Gasteiger partial charge < -0.3 is 19.3 Å². The molecule has 0 spiro atoms. The minimum absolute atomic E-state index is 0.0571. The SMILES string of the molecule is CCCCOc1ccc(C(=O)N2CCC(N(Cc3cccc(F)c3)C(=O)CN(CCOC)S(=O)(=O)CC)CC2)cc1. The lowest BCUT2D eigenvalue weighted by atomic mass is 10.0. The highest BCUT2D eigenvalue weighted by Crippen LogP contribution is 2.23. The number of hydrogen-bond acceptors (Lipinski definition) is 6. The van der Waals surface area contributed by atoms with Gasteiger partial charge in [0.25, 0.3) is 5.91 Å². The molecule has 0 aliphatic carbocycles. The molecule has 1 fully saturated rings. The number of carbonyl (C=O) groups is 2. The first-order chi connectivity index (χ1) is 19.7. The Hall–Kier alpha value is -3.02. The van der Waals surface area contributed by atoms with Gasteiger partial charge in [-0.1, -0.05) is 25.5 Å². The molecule has 226 valence electrons. The molecule has 41 heavy (non-hydrogen) atoms. The van der Waals surface area contributed by atoms with Crippen LogP contribution < -0.4 is 4.74 Å². The van der Waals surface area contributed by atoms with E-state index < -0.39 is 15.8 Å². The van der Waals surface area contributed by atoms with Gasteiger partial charge in [-0.15, -0.1) is 0 Å². The molecule has 1 heterocycles. The lowest BCUT2D eigenvalue weighted by Gasteiger charge is -2.39. The van der Waals surface area contributed by atoms with Crippen LogP contribution in [0.4, 0.5) is 4.39 Å². The molecule has 1 aliphatic heterocycles. The summed E-state index contributed by atoms with van der Waals surface area (Å²) in [6.45, 7) is 5.15. The number of likely N-dealkylation sites (tertiary alicyclic amines) is 1. The molecule has 0 unspecified atom stereocenters. The zero-order valence-corrected chi connectivity index (χ0v) is 25.1. The first-order valence-electron chi connectivity index (χ1n) is 14.2. The summed E-state index contributed by atoms with van der Waals surface area (Å²) in [5.74, 6) is -0.283. The van der Waals surface area contributed by atoms with Gasteiger partial charge in [-0.25, -0.2) is 12.8 Å². The van der Waals surface area contributed by atoms with Crippen molar-refractivity contribution >= 4 is 21.8 Å². The van der Waals surface area contributed by atoms with Gasteiger partial charge in [0.05, 0.1) is 25.5 Å². The summed E-state index contributed by atoms with van der Waals surface area (Å²) in [4.78, 5) is 30.2. The van der Waals surface area contributed by atoms with Crippen molar-refractivity contribution in [3.63, 3.8) is 0 Å². The van der Waals surface area contributed by atoms with Crippen molar-refractivity contribution < 1.29 is 31.9 Å². The first-order valence-corrected chi connectivity index (χ1v) is 15.8. The van der Waals surface area contributed by atoms with Gasteiger partial charge in [0.2, 0.25) is 15.9 Å². The van der Waals surface area contributed by atoms with Crippen molar-refractivity contribution in [3.8, 4) is 5.75 Å². The molecule has 0 aromatic heterocycles. The van der Waals surface area contributed by atoms with Gasteiger partial charge in [-0.3, -0.25) is 9.59 Å². The quantitative estimate of drug-likeness (QED) is 0.291. The number of methoxy groups -OCH3 is 1. The van der Waals surface area contributed by atoms with Gasteiger partial charge in [0, 0.05) is 44.9 Å². The van der Waals surface area contributed by atoms with Gasteiger partial charge >= 0.3 is 0 Å².